The lowest BCUT2D eigenvalue weighted by Crippen LogP contribution is -2.48. The number of nitrogens with one attached hydrogen (secondary N) is 1. The van der Waals surface area contributed by atoms with Gasteiger partial charge in [0.25, 0.3) is 0 Å². The zero-order valence-electron chi connectivity index (χ0n) is 12.0. The highest BCUT2D eigenvalue weighted by atomic mass is 79.9. The van der Waals surface area contributed by atoms with Gasteiger partial charge in [0, 0.05) is 16.6 Å². The number of hydrogen-bond acceptors (Lipinski definition) is 1. The van der Waals surface area contributed by atoms with E-state index in [0.29, 0.717) is 5.41 Å². The van der Waals surface area contributed by atoms with Crippen molar-refractivity contribution in [2.45, 2.75) is 52.0 Å². The first-order valence-electron chi connectivity index (χ1n) is 6.99. The van der Waals surface area contributed by atoms with Gasteiger partial charge in [-0.3, -0.25) is 0 Å². The van der Waals surface area contributed by atoms with E-state index in [1.165, 1.54) is 25.3 Å². The molecule has 0 amide bonds. The van der Waals surface area contributed by atoms with Gasteiger partial charge in [0.05, 0.1) is 0 Å². The van der Waals surface area contributed by atoms with Gasteiger partial charge in [-0.05, 0) is 69.2 Å². The van der Waals surface area contributed by atoms with Crippen LogP contribution in [0.3, 0.4) is 0 Å². The molecule has 1 fully saturated rings. The van der Waals surface area contributed by atoms with Gasteiger partial charge in [0.2, 0.25) is 0 Å². The maximum atomic E-state index is 13.4. The van der Waals surface area contributed by atoms with E-state index in [4.69, 9.17) is 0 Å². The minimum absolute atomic E-state index is 0.141. The fourth-order valence-corrected chi connectivity index (χ4v) is 3.02. The molecule has 0 spiro atoms. The average Bonchev–Trinajstić information content (AvgIpc) is 2.25. The summed E-state index contributed by atoms with van der Waals surface area (Å²) < 4.78 is 14.4. The molecule has 19 heavy (non-hydrogen) atoms. The van der Waals surface area contributed by atoms with Crippen molar-refractivity contribution in [2.75, 3.05) is 6.54 Å². The van der Waals surface area contributed by atoms with Crippen LogP contribution in [0.25, 0.3) is 0 Å². The van der Waals surface area contributed by atoms with Crippen molar-refractivity contribution in [1.29, 1.82) is 0 Å². The summed E-state index contributed by atoms with van der Waals surface area (Å²) in [5.74, 6) is -0.142. The number of hydrogen-bond donors (Lipinski definition) is 1. The molecule has 0 heterocycles. The third-order valence-corrected chi connectivity index (χ3v) is 4.75. The minimum Gasteiger partial charge on any atom is -0.312 e. The van der Waals surface area contributed by atoms with Crippen LogP contribution in [0.1, 0.15) is 45.6 Å². The Morgan fingerprint density at radius 3 is 2.53 bits per heavy atom. The van der Waals surface area contributed by atoms with Gasteiger partial charge < -0.3 is 5.32 Å². The highest BCUT2D eigenvalue weighted by molar-refractivity contribution is 9.10. The number of rotatable bonds is 4. The molecule has 0 bridgehead atoms. The standard InChI is InChI=1S/C16H23BrFN/c1-15(2,3)19-11-16(7-4-8-16)10-12-9-13(18)5-6-14(12)17/h5-6,9,19H,4,7-8,10-11H2,1-3H3. The van der Waals surface area contributed by atoms with Crippen LogP contribution in [-0.2, 0) is 6.42 Å². The van der Waals surface area contributed by atoms with Crippen LogP contribution in [0.15, 0.2) is 22.7 Å². The second-order valence-electron chi connectivity index (χ2n) is 6.87. The van der Waals surface area contributed by atoms with Gasteiger partial charge in [-0.15, -0.1) is 0 Å². The molecule has 106 valence electrons. The topological polar surface area (TPSA) is 12.0 Å². The lowest BCUT2D eigenvalue weighted by Gasteiger charge is -2.44. The molecule has 1 saturated carbocycles. The van der Waals surface area contributed by atoms with Crippen LogP contribution in [-0.4, -0.2) is 12.1 Å². The third-order valence-electron chi connectivity index (χ3n) is 3.98. The summed E-state index contributed by atoms with van der Waals surface area (Å²) in [7, 11) is 0. The van der Waals surface area contributed by atoms with Gasteiger partial charge >= 0.3 is 0 Å². The van der Waals surface area contributed by atoms with Crippen molar-refractivity contribution in [3.63, 3.8) is 0 Å². The van der Waals surface area contributed by atoms with E-state index in [1.807, 2.05) is 6.07 Å². The highest BCUT2D eigenvalue weighted by Gasteiger charge is 2.37. The van der Waals surface area contributed by atoms with E-state index < -0.39 is 0 Å². The van der Waals surface area contributed by atoms with E-state index in [9.17, 15) is 4.39 Å². The quantitative estimate of drug-likeness (QED) is 0.845. The molecule has 1 N–H and O–H groups in total. The number of benzene rings is 1. The summed E-state index contributed by atoms with van der Waals surface area (Å²) in [6, 6.07) is 4.99. The first kappa shape index (κ1) is 15.0. The summed E-state index contributed by atoms with van der Waals surface area (Å²) in [6.45, 7) is 7.59. The first-order valence-corrected chi connectivity index (χ1v) is 7.78. The molecule has 0 saturated heterocycles. The normalized spacial score (nSPS) is 18.2. The average molecular weight is 328 g/mol. The molecular weight excluding hydrogens is 305 g/mol. The Kier molecular flexibility index (Phi) is 4.36. The molecule has 1 nitrogen and oxygen atoms in total. The van der Waals surface area contributed by atoms with Gasteiger partial charge in [-0.25, -0.2) is 4.39 Å². The molecular formula is C16H23BrFN. The van der Waals surface area contributed by atoms with Crippen LogP contribution in [0.2, 0.25) is 0 Å². The second-order valence-corrected chi connectivity index (χ2v) is 7.72. The SMILES string of the molecule is CC(C)(C)NCC1(Cc2cc(F)ccc2Br)CCC1. The van der Waals surface area contributed by atoms with Crippen molar-refractivity contribution in [2.24, 2.45) is 5.41 Å². The Hall–Kier alpha value is -0.410. The smallest absolute Gasteiger partial charge is 0.123 e. The summed E-state index contributed by atoms with van der Waals surface area (Å²) in [5, 5.41) is 3.61. The molecule has 0 aromatic heterocycles. The maximum absolute atomic E-state index is 13.4. The summed E-state index contributed by atoms with van der Waals surface area (Å²) in [4.78, 5) is 0. The fourth-order valence-electron chi connectivity index (χ4n) is 2.63. The van der Waals surface area contributed by atoms with Gasteiger partial charge in [-0.2, -0.15) is 0 Å². The van der Waals surface area contributed by atoms with Crippen molar-refractivity contribution >= 4 is 15.9 Å². The van der Waals surface area contributed by atoms with Crippen LogP contribution < -0.4 is 5.32 Å². The van der Waals surface area contributed by atoms with Crippen LogP contribution in [0, 0.1) is 11.2 Å². The van der Waals surface area contributed by atoms with Crippen molar-refractivity contribution in [3.8, 4) is 0 Å². The van der Waals surface area contributed by atoms with E-state index in [0.717, 1.165) is 23.0 Å². The molecule has 2 rings (SSSR count). The fraction of sp³-hybridized carbons (Fsp3) is 0.625. The number of halogens is 2. The van der Waals surface area contributed by atoms with Crippen LogP contribution in [0.5, 0.6) is 0 Å². The van der Waals surface area contributed by atoms with Gasteiger partial charge in [0.1, 0.15) is 5.82 Å². The third kappa shape index (κ3) is 4.03. The monoisotopic (exact) mass is 327 g/mol. The van der Waals surface area contributed by atoms with Crippen LogP contribution >= 0.6 is 15.9 Å². The molecule has 0 unspecified atom stereocenters. The summed E-state index contributed by atoms with van der Waals surface area (Å²) in [5.41, 5.74) is 1.54. The Labute approximate surface area is 124 Å². The lowest BCUT2D eigenvalue weighted by atomic mass is 9.65. The van der Waals surface area contributed by atoms with Crippen molar-refractivity contribution < 1.29 is 4.39 Å². The predicted octanol–water partition coefficient (Wildman–Crippen LogP) is 4.69. The zero-order valence-corrected chi connectivity index (χ0v) is 13.6. The molecule has 0 radical (unpaired) electrons. The summed E-state index contributed by atoms with van der Waals surface area (Å²) in [6.07, 6.45) is 4.71. The molecule has 1 aromatic carbocycles. The van der Waals surface area contributed by atoms with E-state index in [1.54, 1.807) is 6.07 Å². The van der Waals surface area contributed by atoms with Crippen molar-refractivity contribution in [1.82, 2.24) is 5.32 Å². The minimum atomic E-state index is -0.142. The molecule has 1 aliphatic rings. The molecule has 1 aromatic rings. The molecule has 0 aliphatic heterocycles. The largest absolute Gasteiger partial charge is 0.312 e. The Balaban J connectivity index is 2.08. The molecule has 1 aliphatic carbocycles. The van der Waals surface area contributed by atoms with Gasteiger partial charge in [-0.1, -0.05) is 22.4 Å². The first-order chi connectivity index (χ1) is 8.80. The Morgan fingerprint density at radius 1 is 1.32 bits per heavy atom. The highest BCUT2D eigenvalue weighted by Crippen LogP contribution is 2.44. The van der Waals surface area contributed by atoms with E-state index in [2.05, 4.69) is 42.0 Å². The summed E-state index contributed by atoms with van der Waals surface area (Å²) >= 11 is 3.54. The van der Waals surface area contributed by atoms with E-state index in [-0.39, 0.29) is 11.4 Å². The van der Waals surface area contributed by atoms with Crippen LogP contribution in [0.4, 0.5) is 4.39 Å². The maximum Gasteiger partial charge on any atom is 0.123 e. The van der Waals surface area contributed by atoms with E-state index >= 15 is 0 Å². The van der Waals surface area contributed by atoms with Crippen molar-refractivity contribution in [3.05, 3.63) is 34.1 Å². The molecule has 0 atom stereocenters. The van der Waals surface area contributed by atoms with Gasteiger partial charge in [0.15, 0.2) is 0 Å². The second kappa shape index (κ2) is 5.53. The zero-order chi connectivity index (χ0) is 14.1. The Morgan fingerprint density at radius 2 is 2.00 bits per heavy atom. The lowest BCUT2D eigenvalue weighted by molar-refractivity contribution is 0.118. The Bertz CT molecular complexity index is 447. The predicted molar refractivity (Wildman–Crippen MR) is 81.8 cm³/mol. The molecule has 3 heteroatoms.